The number of halogens is 1. The Balaban J connectivity index is 1.24. The van der Waals surface area contributed by atoms with Crippen LogP contribution in [0, 0.1) is 5.82 Å². The molecular weight excluding hydrogens is 475 g/mol. The molecule has 4 heterocycles. The van der Waals surface area contributed by atoms with Crippen LogP contribution in [0.1, 0.15) is 44.3 Å². The summed E-state index contributed by atoms with van der Waals surface area (Å²) in [6, 6.07) is 6.02. The number of benzene rings is 1. The smallest absolute Gasteiger partial charge is 0.326 e. The molecule has 1 saturated carbocycles. The van der Waals surface area contributed by atoms with Crippen molar-refractivity contribution >= 4 is 34.5 Å². The number of fused-ring (bicyclic) bond motifs is 1. The van der Waals surface area contributed by atoms with Gasteiger partial charge in [0.25, 0.3) is 0 Å². The summed E-state index contributed by atoms with van der Waals surface area (Å²) in [5, 5.41) is 9.84. The van der Waals surface area contributed by atoms with Crippen LogP contribution in [-0.4, -0.2) is 50.8 Å². The van der Waals surface area contributed by atoms with Crippen molar-refractivity contribution in [2.75, 3.05) is 36.5 Å². The van der Waals surface area contributed by atoms with Crippen molar-refractivity contribution in [3.8, 4) is 11.1 Å². The van der Waals surface area contributed by atoms with Gasteiger partial charge in [-0.05, 0) is 63.5 Å². The molecule has 4 N–H and O–H groups in total. The summed E-state index contributed by atoms with van der Waals surface area (Å²) in [6.07, 6.45) is 7.50. The fourth-order valence-corrected chi connectivity index (χ4v) is 4.99. The highest BCUT2D eigenvalue weighted by atomic mass is 19.1. The van der Waals surface area contributed by atoms with Crippen LogP contribution in [0.4, 0.5) is 26.6 Å². The first kappa shape index (κ1) is 23.4. The molecule has 0 radical (unpaired) electrons. The fraction of sp³-hybridized carbons (Fsp3) is 0.385. The van der Waals surface area contributed by atoms with Gasteiger partial charge in [-0.1, -0.05) is 18.1 Å². The highest BCUT2D eigenvalue weighted by molar-refractivity contribution is 6.02. The minimum atomic E-state index is -0.619. The van der Waals surface area contributed by atoms with E-state index in [0.29, 0.717) is 16.8 Å². The molecule has 1 saturated heterocycles. The molecule has 4 aromatic rings. The predicted molar refractivity (Wildman–Crippen MR) is 139 cm³/mol. The predicted octanol–water partition coefficient (Wildman–Crippen LogP) is 4.77. The lowest BCUT2D eigenvalue weighted by Crippen LogP contribution is -2.31. The van der Waals surface area contributed by atoms with Crippen LogP contribution < -0.4 is 16.4 Å². The number of piperidine rings is 1. The third-order valence-electron chi connectivity index (χ3n) is 7.61. The number of rotatable bonds is 5. The van der Waals surface area contributed by atoms with Crippen molar-refractivity contribution < 1.29 is 13.7 Å². The van der Waals surface area contributed by atoms with Crippen LogP contribution in [0.15, 0.2) is 41.3 Å². The van der Waals surface area contributed by atoms with Crippen molar-refractivity contribution in [2.24, 2.45) is 0 Å². The maximum absolute atomic E-state index is 15.2. The lowest BCUT2D eigenvalue weighted by Gasteiger charge is -2.30. The summed E-state index contributed by atoms with van der Waals surface area (Å²) in [7, 11) is 2.12. The maximum atomic E-state index is 15.2. The van der Waals surface area contributed by atoms with Crippen LogP contribution >= 0.6 is 0 Å². The Kier molecular flexibility index (Phi) is 5.59. The van der Waals surface area contributed by atoms with Crippen molar-refractivity contribution in [1.82, 2.24) is 24.6 Å². The van der Waals surface area contributed by atoms with E-state index in [4.69, 9.17) is 10.3 Å². The average molecular weight is 505 g/mol. The van der Waals surface area contributed by atoms with Crippen LogP contribution in [0.25, 0.3) is 22.2 Å². The summed E-state index contributed by atoms with van der Waals surface area (Å²) in [5.74, 6) is -0.0120. The first-order valence-electron chi connectivity index (χ1n) is 12.5. The largest absolute Gasteiger partial charge is 0.383 e. The number of nitrogen functional groups attached to an aromatic ring is 1. The topological polar surface area (TPSA) is 127 Å². The highest BCUT2D eigenvalue weighted by Gasteiger charge is 2.42. The van der Waals surface area contributed by atoms with Gasteiger partial charge in [-0.2, -0.15) is 0 Å². The molecule has 10 nitrogen and oxygen atoms in total. The number of hydrogen-bond donors (Lipinski definition) is 3. The number of amides is 2. The molecule has 6 rings (SSSR count). The van der Waals surface area contributed by atoms with Gasteiger partial charge in [0.2, 0.25) is 5.88 Å². The molecule has 3 aromatic heterocycles. The van der Waals surface area contributed by atoms with Crippen LogP contribution in [0.2, 0.25) is 0 Å². The molecule has 11 heteroatoms. The van der Waals surface area contributed by atoms with E-state index in [1.165, 1.54) is 18.5 Å². The molecule has 0 spiro atoms. The van der Waals surface area contributed by atoms with Gasteiger partial charge in [0.05, 0.1) is 16.8 Å². The number of nitrogens with two attached hydrogens (primary N) is 1. The van der Waals surface area contributed by atoms with Crippen LogP contribution in [0.3, 0.4) is 0 Å². The zero-order valence-corrected chi connectivity index (χ0v) is 20.8. The monoisotopic (exact) mass is 504 g/mol. The second kappa shape index (κ2) is 8.84. The average Bonchev–Trinajstić information content (AvgIpc) is 3.26. The van der Waals surface area contributed by atoms with E-state index in [-0.39, 0.29) is 23.0 Å². The number of nitrogens with zero attached hydrogens (tertiary/aromatic N) is 5. The molecule has 0 atom stereocenters. The second-order valence-corrected chi connectivity index (χ2v) is 10.4. The van der Waals surface area contributed by atoms with Crippen molar-refractivity contribution in [1.29, 1.82) is 0 Å². The first-order chi connectivity index (χ1) is 17.8. The van der Waals surface area contributed by atoms with Gasteiger partial charge in [-0.3, -0.25) is 5.32 Å². The summed E-state index contributed by atoms with van der Waals surface area (Å²) in [4.78, 5) is 23.5. The first-order valence-corrected chi connectivity index (χ1v) is 12.5. The van der Waals surface area contributed by atoms with Gasteiger partial charge in [0.1, 0.15) is 23.6 Å². The Morgan fingerprint density at radius 1 is 1.19 bits per heavy atom. The standard InChI is InChI=1S/C26H29FN8O2/c1-26(7-8-26)20-12-21(37-33-20)32-25(36)31-19-4-3-15(11-18(19)27)17-13-35(16-5-9-34(2)10-6-16)24-22(17)23(28)29-14-30-24/h3-4,11-14,16H,5-10H2,1-2H3,(H2,28,29,30)(H2,31,32,36). The SMILES string of the molecule is CN1CCC(n2cc(-c3ccc(NC(=O)Nc4cc(C5(C)CC5)no4)c(F)c3)c3c(N)ncnc32)CC1. The number of carbonyl (C=O) groups excluding carboxylic acids is 1. The third-order valence-corrected chi connectivity index (χ3v) is 7.61. The zero-order valence-electron chi connectivity index (χ0n) is 20.8. The molecule has 1 aliphatic carbocycles. The number of urea groups is 1. The van der Waals surface area contributed by atoms with Crippen LogP contribution in [-0.2, 0) is 5.41 Å². The second-order valence-electron chi connectivity index (χ2n) is 10.4. The molecule has 0 bridgehead atoms. The van der Waals surface area contributed by atoms with Gasteiger partial charge in [-0.15, -0.1) is 0 Å². The minimum absolute atomic E-state index is 0.0206. The lowest BCUT2D eigenvalue weighted by molar-refractivity contribution is 0.224. The van der Waals surface area contributed by atoms with E-state index in [1.807, 2.05) is 6.20 Å². The highest BCUT2D eigenvalue weighted by Crippen LogP contribution is 2.47. The summed E-state index contributed by atoms with van der Waals surface area (Å²) in [6.45, 7) is 4.08. The number of hydrogen-bond acceptors (Lipinski definition) is 7. The maximum Gasteiger partial charge on any atom is 0.326 e. The van der Waals surface area contributed by atoms with Gasteiger partial charge in [0, 0.05) is 29.3 Å². The molecule has 2 amide bonds. The Bertz CT molecular complexity index is 1480. The quantitative estimate of drug-likeness (QED) is 0.357. The lowest BCUT2D eigenvalue weighted by atomic mass is 10.0. The molecule has 192 valence electrons. The van der Waals surface area contributed by atoms with Crippen molar-refractivity contribution in [2.45, 2.75) is 44.1 Å². The van der Waals surface area contributed by atoms with Gasteiger partial charge in [0.15, 0.2) is 0 Å². The van der Waals surface area contributed by atoms with E-state index in [0.717, 1.165) is 55.7 Å². The fourth-order valence-electron chi connectivity index (χ4n) is 4.99. The van der Waals surface area contributed by atoms with Crippen molar-refractivity contribution in [3.63, 3.8) is 0 Å². The molecule has 37 heavy (non-hydrogen) atoms. The number of anilines is 3. The zero-order chi connectivity index (χ0) is 25.7. The molecule has 2 fully saturated rings. The molecular formula is C26H29FN8O2. The van der Waals surface area contributed by atoms with E-state index in [9.17, 15) is 4.79 Å². The Labute approximate surface area is 213 Å². The van der Waals surface area contributed by atoms with E-state index in [2.05, 4.69) is 49.2 Å². The van der Waals surface area contributed by atoms with Crippen molar-refractivity contribution in [3.05, 3.63) is 48.3 Å². The molecule has 1 aromatic carbocycles. The van der Waals surface area contributed by atoms with E-state index in [1.54, 1.807) is 12.1 Å². The molecule has 1 aliphatic heterocycles. The molecule has 0 unspecified atom stereocenters. The van der Waals surface area contributed by atoms with Crippen LogP contribution in [0.5, 0.6) is 0 Å². The number of likely N-dealkylation sites (tertiary alicyclic amines) is 1. The summed E-state index contributed by atoms with van der Waals surface area (Å²) in [5.41, 5.74) is 9.24. The number of aromatic nitrogens is 4. The van der Waals surface area contributed by atoms with Gasteiger partial charge in [-0.25, -0.2) is 19.2 Å². The Morgan fingerprint density at radius 2 is 1.97 bits per heavy atom. The Morgan fingerprint density at radius 3 is 2.70 bits per heavy atom. The third kappa shape index (κ3) is 4.39. The normalized spacial score (nSPS) is 17.7. The van der Waals surface area contributed by atoms with Gasteiger partial charge >= 0.3 is 6.03 Å². The van der Waals surface area contributed by atoms with E-state index < -0.39 is 11.8 Å². The van der Waals surface area contributed by atoms with Gasteiger partial charge < -0.3 is 25.0 Å². The Hall–Kier alpha value is -3.99. The summed E-state index contributed by atoms with van der Waals surface area (Å²) >= 11 is 0. The number of nitrogens with one attached hydrogen (secondary N) is 2. The minimum Gasteiger partial charge on any atom is -0.383 e. The molecule has 2 aliphatic rings. The number of carbonyl (C=O) groups is 1. The summed E-state index contributed by atoms with van der Waals surface area (Å²) < 4.78 is 22.5. The van der Waals surface area contributed by atoms with E-state index >= 15 is 4.39 Å².